The Kier molecular flexibility index (Phi) is 6.61. The highest BCUT2D eigenvalue weighted by atomic mass is 32.2. The molecule has 0 aliphatic carbocycles. The molecule has 0 saturated carbocycles. The second kappa shape index (κ2) is 7.45. The lowest BCUT2D eigenvalue weighted by Crippen LogP contribution is -2.37. The first-order valence-corrected chi connectivity index (χ1v) is 9.38. The van der Waals surface area contributed by atoms with E-state index in [1.54, 1.807) is 6.26 Å². The van der Waals surface area contributed by atoms with E-state index in [1.807, 2.05) is 0 Å². The molecule has 1 fully saturated rings. The average molecular weight is 282 g/mol. The molecule has 2 N–H and O–H groups in total. The van der Waals surface area contributed by atoms with Crippen LogP contribution in [0.5, 0.6) is 0 Å². The van der Waals surface area contributed by atoms with E-state index in [0.717, 1.165) is 13.0 Å². The second-order valence-electron chi connectivity index (χ2n) is 4.43. The minimum absolute atomic E-state index is 0.154. The smallest absolute Gasteiger partial charge is 0.211 e. The summed E-state index contributed by atoms with van der Waals surface area (Å²) in [5.74, 6) is 0.530. The molecule has 0 amide bonds. The van der Waals surface area contributed by atoms with Crippen LogP contribution in [-0.4, -0.2) is 49.5 Å². The fraction of sp³-hybridized carbons (Fsp3) is 1.00. The van der Waals surface area contributed by atoms with Gasteiger partial charge in [-0.1, -0.05) is 6.42 Å². The molecule has 0 bridgehead atoms. The molecule has 102 valence electrons. The Morgan fingerprint density at radius 3 is 2.76 bits per heavy atom. The molecule has 0 aromatic rings. The summed E-state index contributed by atoms with van der Waals surface area (Å²) in [6.45, 7) is 1.26. The van der Waals surface area contributed by atoms with Crippen LogP contribution in [0.3, 0.4) is 0 Å². The fourth-order valence-corrected chi connectivity index (χ4v) is 3.55. The predicted molar refractivity (Wildman–Crippen MR) is 71.0 cm³/mol. The van der Waals surface area contributed by atoms with Crippen molar-refractivity contribution < 1.29 is 12.6 Å². The summed E-state index contributed by atoms with van der Waals surface area (Å²) < 4.78 is 36.5. The van der Waals surface area contributed by atoms with E-state index in [4.69, 9.17) is 0 Å². The summed E-state index contributed by atoms with van der Waals surface area (Å²) in [4.78, 5) is 0. The predicted octanol–water partition coefficient (Wildman–Crippen LogP) is -0.183. The molecule has 1 aliphatic heterocycles. The molecule has 7 heteroatoms. The maximum atomic E-state index is 11.6. The molecule has 0 aromatic heterocycles. The Hall–Kier alpha value is 0.0200. The van der Waals surface area contributed by atoms with Gasteiger partial charge < -0.3 is 5.32 Å². The number of nitrogens with one attached hydrogen (secondary N) is 2. The Morgan fingerprint density at radius 1 is 1.41 bits per heavy atom. The van der Waals surface area contributed by atoms with E-state index in [2.05, 4.69) is 10.0 Å². The average Bonchev–Trinajstić information content (AvgIpc) is 2.27. The maximum Gasteiger partial charge on any atom is 0.211 e. The molecule has 17 heavy (non-hydrogen) atoms. The highest BCUT2D eigenvalue weighted by Crippen LogP contribution is 2.10. The van der Waals surface area contributed by atoms with Gasteiger partial charge in [0.1, 0.15) is 0 Å². The zero-order valence-electron chi connectivity index (χ0n) is 10.3. The summed E-state index contributed by atoms with van der Waals surface area (Å²) in [6.07, 6.45) is 5.66. The van der Waals surface area contributed by atoms with E-state index < -0.39 is 20.8 Å². The van der Waals surface area contributed by atoms with E-state index >= 15 is 0 Å². The van der Waals surface area contributed by atoms with Crippen molar-refractivity contribution in [2.75, 3.05) is 30.9 Å². The molecule has 1 aliphatic rings. The van der Waals surface area contributed by atoms with Gasteiger partial charge in [0, 0.05) is 35.4 Å². The van der Waals surface area contributed by atoms with Crippen LogP contribution >= 0.6 is 0 Å². The van der Waals surface area contributed by atoms with E-state index in [1.165, 1.54) is 12.8 Å². The fourth-order valence-electron chi connectivity index (χ4n) is 1.88. The van der Waals surface area contributed by atoms with Crippen LogP contribution < -0.4 is 10.0 Å². The van der Waals surface area contributed by atoms with Crippen molar-refractivity contribution in [3.05, 3.63) is 0 Å². The molecule has 2 unspecified atom stereocenters. The van der Waals surface area contributed by atoms with Crippen molar-refractivity contribution in [2.45, 2.75) is 31.7 Å². The highest BCUT2D eigenvalue weighted by molar-refractivity contribution is 7.89. The SMILES string of the molecule is CS(=O)CCNS(=O)(=O)CCC1CCCCN1. The summed E-state index contributed by atoms with van der Waals surface area (Å²) in [5.41, 5.74) is 0. The zero-order valence-corrected chi connectivity index (χ0v) is 11.9. The standard InChI is InChI=1S/C10H22N2O3S2/c1-16(13)8-7-12-17(14,15)9-5-10-4-2-3-6-11-10/h10-12H,2-9H2,1H3. The van der Waals surface area contributed by atoms with Crippen molar-refractivity contribution in [3.8, 4) is 0 Å². The first kappa shape index (κ1) is 15.1. The van der Waals surface area contributed by atoms with Crippen molar-refractivity contribution in [1.29, 1.82) is 0 Å². The largest absolute Gasteiger partial charge is 0.314 e. The minimum atomic E-state index is -3.20. The zero-order chi connectivity index (χ0) is 12.7. The van der Waals surface area contributed by atoms with Gasteiger partial charge in [0.2, 0.25) is 10.0 Å². The molecule has 0 radical (unpaired) electrons. The third-order valence-electron chi connectivity index (χ3n) is 2.86. The first-order chi connectivity index (χ1) is 7.99. The lowest BCUT2D eigenvalue weighted by Gasteiger charge is -2.23. The van der Waals surface area contributed by atoms with Gasteiger partial charge in [0.25, 0.3) is 0 Å². The van der Waals surface area contributed by atoms with E-state index in [9.17, 15) is 12.6 Å². The number of piperidine rings is 1. The molecular formula is C10H22N2O3S2. The number of sulfonamides is 1. The summed E-state index contributed by atoms with van der Waals surface area (Å²) in [7, 11) is -4.15. The van der Waals surface area contributed by atoms with Crippen LogP contribution in [0.15, 0.2) is 0 Å². The highest BCUT2D eigenvalue weighted by Gasteiger charge is 2.16. The number of hydrogen-bond acceptors (Lipinski definition) is 4. The Morgan fingerprint density at radius 2 is 2.18 bits per heavy atom. The van der Waals surface area contributed by atoms with Crippen molar-refractivity contribution >= 4 is 20.8 Å². The Bertz CT molecular complexity index is 337. The first-order valence-electron chi connectivity index (χ1n) is 6.00. The van der Waals surface area contributed by atoms with Gasteiger partial charge in [-0.3, -0.25) is 4.21 Å². The normalized spacial score (nSPS) is 23.5. The van der Waals surface area contributed by atoms with Crippen LogP contribution in [0.25, 0.3) is 0 Å². The number of hydrogen-bond donors (Lipinski definition) is 2. The molecule has 1 saturated heterocycles. The van der Waals surface area contributed by atoms with Crippen molar-refractivity contribution in [3.63, 3.8) is 0 Å². The number of rotatable bonds is 7. The van der Waals surface area contributed by atoms with Gasteiger partial charge in [-0.25, -0.2) is 13.1 Å². The van der Waals surface area contributed by atoms with Crippen molar-refractivity contribution in [2.24, 2.45) is 0 Å². The van der Waals surface area contributed by atoms with E-state index in [-0.39, 0.29) is 12.3 Å². The molecular weight excluding hydrogens is 260 g/mol. The van der Waals surface area contributed by atoms with E-state index in [0.29, 0.717) is 18.2 Å². The van der Waals surface area contributed by atoms with Gasteiger partial charge in [-0.05, 0) is 25.8 Å². The Balaban J connectivity index is 2.21. The third-order valence-corrected chi connectivity index (χ3v) is 5.06. The Labute approximate surface area is 106 Å². The van der Waals surface area contributed by atoms with Gasteiger partial charge in [0.15, 0.2) is 0 Å². The monoisotopic (exact) mass is 282 g/mol. The summed E-state index contributed by atoms with van der Waals surface area (Å²) >= 11 is 0. The van der Waals surface area contributed by atoms with Gasteiger partial charge in [-0.15, -0.1) is 0 Å². The minimum Gasteiger partial charge on any atom is -0.314 e. The topological polar surface area (TPSA) is 75.3 Å². The van der Waals surface area contributed by atoms with Crippen LogP contribution in [0.4, 0.5) is 0 Å². The van der Waals surface area contributed by atoms with Crippen LogP contribution in [0.1, 0.15) is 25.7 Å². The van der Waals surface area contributed by atoms with Crippen molar-refractivity contribution in [1.82, 2.24) is 10.0 Å². The van der Waals surface area contributed by atoms with Gasteiger partial charge >= 0.3 is 0 Å². The molecule has 0 aromatic carbocycles. The summed E-state index contributed by atoms with van der Waals surface area (Å²) in [6, 6.07) is 0.334. The molecule has 1 heterocycles. The lowest BCUT2D eigenvalue weighted by molar-refractivity contribution is 0.392. The quantitative estimate of drug-likeness (QED) is 0.679. The molecule has 5 nitrogen and oxygen atoms in total. The molecule has 0 spiro atoms. The molecule has 1 rings (SSSR count). The van der Waals surface area contributed by atoms with Crippen LogP contribution in [0, 0.1) is 0 Å². The summed E-state index contributed by atoms with van der Waals surface area (Å²) in [5, 5.41) is 3.33. The lowest BCUT2D eigenvalue weighted by atomic mass is 10.0. The third kappa shape index (κ3) is 7.13. The second-order valence-corrected chi connectivity index (χ2v) is 7.91. The van der Waals surface area contributed by atoms with Crippen LogP contribution in [0.2, 0.25) is 0 Å². The van der Waals surface area contributed by atoms with Crippen LogP contribution in [-0.2, 0) is 20.8 Å². The molecule has 2 atom stereocenters. The van der Waals surface area contributed by atoms with Gasteiger partial charge in [-0.2, -0.15) is 0 Å². The maximum absolute atomic E-state index is 11.6. The van der Waals surface area contributed by atoms with Gasteiger partial charge in [0.05, 0.1) is 5.75 Å².